The van der Waals surface area contributed by atoms with Gasteiger partial charge in [-0.05, 0) is 23.4 Å². The van der Waals surface area contributed by atoms with Gasteiger partial charge in [0.25, 0.3) is 0 Å². The van der Waals surface area contributed by atoms with E-state index in [-0.39, 0.29) is 6.54 Å². The molecule has 21 heavy (non-hydrogen) atoms. The van der Waals surface area contributed by atoms with Gasteiger partial charge in [-0.25, -0.2) is 9.59 Å². The summed E-state index contributed by atoms with van der Waals surface area (Å²) in [6, 6.07) is 0.353. The van der Waals surface area contributed by atoms with E-state index in [4.69, 9.17) is 0 Å². The van der Waals surface area contributed by atoms with Crippen LogP contribution in [-0.4, -0.2) is 49.2 Å². The molecule has 0 aliphatic carbocycles. The lowest BCUT2D eigenvalue weighted by Gasteiger charge is -2.32. The molecule has 9 nitrogen and oxygen atoms in total. The molecule has 2 amide bonds. The molecular formula is C11H12N6O3S. The zero-order chi connectivity index (χ0) is 14.8. The van der Waals surface area contributed by atoms with Crippen LogP contribution < -0.4 is 5.32 Å². The number of urea groups is 1. The Morgan fingerprint density at radius 1 is 1.57 bits per heavy atom. The highest BCUT2D eigenvalue weighted by Gasteiger charge is 2.36. The standard InChI is InChI=1S/C11H12N6O3S/c18-10(19)9-6-2-4-21-7(6)1-3-17(9)11(20)12-5-8-13-15-16-14-8/h2,4,9H,1,3,5H2,(H,12,20)(H,18,19)(H,13,14,15,16). The molecule has 1 unspecified atom stereocenters. The first kappa shape index (κ1) is 13.5. The van der Waals surface area contributed by atoms with Crippen LogP contribution in [0.3, 0.4) is 0 Å². The molecule has 10 heteroatoms. The van der Waals surface area contributed by atoms with Gasteiger partial charge in [-0.3, -0.25) is 0 Å². The number of tetrazole rings is 1. The first-order chi connectivity index (χ1) is 10.2. The van der Waals surface area contributed by atoms with Gasteiger partial charge in [0.15, 0.2) is 11.9 Å². The lowest BCUT2D eigenvalue weighted by Crippen LogP contribution is -2.47. The molecule has 1 atom stereocenters. The predicted molar refractivity (Wildman–Crippen MR) is 71.5 cm³/mol. The summed E-state index contributed by atoms with van der Waals surface area (Å²) in [6.45, 7) is 0.456. The van der Waals surface area contributed by atoms with Gasteiger partial charge in [-0.15, -0.1) is 21.5 Å². The van der Waals surface area contributed by atoms with Crippen molar-refractivity contribution in [3.05, 3.63) is 27.7 Å². The van der Waals surface area contributed by atoms with Crippen LogP contribution in [0.4, 0.5) is 4.79 Å². The number of carbonyl (C=O) groups is 2. The predicted octanol–water partition coefficient (Wildman–Crippen LogP) is 0.155. The molecule has 2 aromatic heterocycles. The fourth-order valence-corrected chi connectivity index (χ4v) is 3.22. The van der Waals surface area contributed by atoms with E-state index in [1.807, 2.05) is 5.38 Å². The number of hydrogen-bond acceptors (Lipinski definition) is 6. The summed E-state index contributed by atoms with van der Waals surface area (Å²) in [6.07, 6.45) is 0.659. The summed E-state index contributed by atoms with van der Waals surface area (Å²) < 4.78 is 0. The minimum absolute atomic E-state index is 0.0919. The molecule has 1 aliphatic rings. The lowest BCUT2D eigenvalue weighted by molar-refractivity contribution is -0.142. The average Bonchev–Trinajstić information content (AvgIpc) is 3.14. The number of carbonyl (C=O) groups excluding carboxylic acids is 1. The van der Waals surface area contributed by atoms with Crippen molar-refractivity contribution >= 4 is 23.3 Å². The maximum absolute atomic E-state index is 12.2. The van der Waals surface area contributed by atoms with E-state index < -0.39 is 18.0 Å². The highest BCUT2D eigenvalue weighted by atomic mass is 32.1. The monoisotopic (exact) mass is 308 g/mol. The van der Waals surface area contributed by atoms with Crippen LogP contribution in [-0.2, 0) is 17.8 Å². The highest BCUT2D eigenvalue weighted by molar-refractivity contribution is 7.10. The van der Waals surface area contributed by atoms with Gasteiger partial charge < -0.3 is 15.3 Å². The van der Waals surface area contributed by atoms with Crippen LogP contribution in [0.5, 0.6) is 0 Å². The first-order valence-electron chi connectivity index (χ1n) is 6.22. The molecule has 2 aromatic rings. The van der Waals surface area contributed by atoms with E-state index in [0.29, 0.717) is 24.4 Å². The summed E-state index contributed by atoms with van der Waals surface area (Å²) in [4.78, 5) is 26.0. The number of nitrogens with one attached hydrogen (secondary N) is 2. The topological polar surface area (TPSA) is 124 Å². The minimum Gasteiger partial charge on any atom is -0.479 e. The smallest absolute Gasteiger partial charge is 0.331 e. The van der Waals surface area contributed by atoms with Gasteiger partial charge in [0.2, 0.25) is 0 Å². The van der Waals surface area contributed by atoms with Crippen LogP contribution in [0.1, 0.15) is 22.3 Å². The number of thiophene rings is 1. The van der Waals surface area contributed by atoms with Gasteiger partial charge >= 0.3 is 12.0 Å². The molecule has 110 valence electrons. The van der Waals surface area contributed by atoms with Crippen LogP contribution in [0.2, 0.25) is 0 Å². The Labute approximate surface area is 123 Å². The maximum atomic E-state index is 12.2. The number of rotatable bonds is 3. The summed E-state index contributed by atoms with van der Waals surface area (Å²) in [5.74, 6) is -0.701. The highest BCUT2D eigenvalue weighted by Crippen LogP contribution is 2.33. The molecule has 3 N–H and O–H groups in total. The second-order valence-electron chi connectivity index (χ2n) is 4.47. The van der Waals surface area contributed by atoms with Crippen molar-refractivity contribution in [2.75, 3.05) is 6.54 Å². The summed E-state index contributed by atoms with van der Waals surface area (Å²) in [5, 5.41) is 27.0. The normalized spacial score (nSPS) is 17.3. The van der Waals surface area contributed by atoms with Gasteiger partial charge in [0, 0.05) is 11.4 Å². The molecule has 0 saturated heterocycles. The van der Waals surface area contributed by atoms with Crippen molar-refractivity contribution in [3.8, 4) is 0 Å². The Balaban J connectivity index is 1.74. The summed E-state index contributed by atoms with van der Waals surface area (Å²) in [7, 11) is 0. The number of aromatic nitrogens is 4. The Bertz CT molecular complexity index is 655. The summed E-state index contributed by atoms with van der Waals surface area (Å²) in [5.41, 5.74) is 0.688. The van der Waals surface area contributed by atoms with E-state index >= 15 is 0 Å². The molecule has 0 fully saturated rings. The molecule has 0 radical (unpaired) electrons. The van der Waals surface area contributed by atoms with E-state index in [1.165, 1.54) is 16.2 Å². The zero-order valence-corrected chi connectivity index (χ0v) is 11.6. The van der Waals surface area contributed by atoms with Crippen molar-refractivity contribution in [1.82, 2.24) is 30.8 Å². The third-order valence-corrected chi connectivity index (χ3v) is 4.24. The zero-order valence-electron chi connectivity index (χ0n) is 10.8. The number of carboxylic acids is 1. The maximum Gasteiger partial charge on any atom is 0.331 e. The van der Waals surface area contributed by atoms with Crippen LogP contribution in [0, 0.1) is 0 Å². The third kappa shape index (κ3) is 2.57. The van der Waals surface area contributed by atoms with Gasteiger partial charge in [-0.2, -0.15) is 5.21 Å². The van der Waals surface area contributed by atoms with E-state index in [1.54, 1.807) is 6.07 Å². The third-order valence-electron chi connectivity index (χ3n) is 3.25. The molecular weight excluding hydrogens is 296 g/mol. The van der Waals surface area contributed by atoms with Crippen molar-refractivity contribution in [3.63, 3.8) is 0 Å². The number of fused-ring (bicyclic) bond motifs is 1. The Kier molecular flexibility index (Phi) is 3.52. The van der Waals surface area contributed by atoms with Crippen molar-refractivity contribution in [1.29, 1.82) is 0 Å². The van der Waals surface area contributed by atoms with E-state index in [9.17, 15) is 14.7 Å². The number of nitrogens with zero attached hydrogens (tertiary/aromatic N) is 4. The first-order valence-corrected chi connectivity index (χ1v) is 7.10. The van der Waals surface area contributed by atoms with Crippen LogP contribution in [0.15, 0.2) is 11.4 Å². The number of carboxylic acid groups (broad SMARTS) is 1. The van der Waals surface area contributed by atoms with E-state index in [2.05, 4.69) is 25.9 Å². The van der Waals surface area contributed by atoms with E-state index in [0.717, 1.165) is 4.88 Å². The van der Waals surface area contributed by atoms with Gasteiger partial charge in [-0.1, -0.05) is 5.21 Å². The second-order valence-corrected chi connectivity index (χ2v) is 5.47. The van der Waals surface area contributed by atoms with Crippen molar-refractivity contribution in [2.45, 2.75) is 19.0 Å². The van der Waals surface area contributed by atoms with Crippen LogP contribution in [0.25, 0.3) is 0 Å². The number of hydrogen-bond donors (Lipinski definition) is 3. The van der Waals surface area contributed by atoms with Gasteiger partial charge in [0.1, 0.15) is 0 Å². The summed E-state index contributed by atoms with van der Waals surface area (Å²) >= 11 is 1.52. The SMILES string of the molecule is O=C(O)C1c2ccsc2CCN1C(=O)NCc1nn[nH]n1. The van der Waals surface area contributed by atoms with Crippen LogP contribution >= 0.6 is 11.3 Å². The number of H-pyrrole nitrogens is 1. The molecule has 3 rings (SSSR count). The largest absolute Gasteiger partial charge is 0.479 e. The fourth-order valence-electron chi connectivity index (χ4n) is 2.32. The number of amides is 2. The Morgan fingerprint density at radius 2 is 2.43 bits per heavy atom. The van der Waals surface area contributed by atoms with Crippen molar-refractivity contribution < 1.29 is 14.7 Å². The molecule has 0 bridgehead atoms. The lowest BCUT2D eigenvalue weighted by atomic mass is 10.0. The molecule has 0 saturated carbocycles. The number of aromatic amines is 1. The molecule has 0 spiro atoms. The number of aliphatic carboxylic acids is 1. The fraction of sp³-hybridized carbons (Fsp3) is 0.364. The molecule has 3 heterocycles. The Hall–Kier alpha value is -2.49. The average molecular weight is 308 g/mol. The second kappa shape index (κ2) is 5.48. The molecule has 0 aromatic carbocycles. The minimum atomic E-state index is -1.04. The Morgan fingerprint density at radius 3 is 3.14 bits per heavy atom. The van der Waals surface area contributed by atoms with Gasteiger partial charge in [0.05, 0.1) is 6.54 Å². The molecule has 1 aliphatic heterocycles. The quantitative estimate of drug-likeness (QED) is 0.741. The van der Waals surface area contributed by atoms with Crippen molar-refractivity contribution in [2.24, 2.45) is 0 Å².